The van der Waals surface area contributed by atoms with Crippen molar-refractivity contribution in [3.63, 3.8) is 0 Å². The zero-order chi connectivity index (χ0) is 22.6. The molecule has 0 saturated carbocycles. The van der Waals surface area contributed by atoms with E-state index >= 15 is 0 Å². The summed E-state index contributed by atoms with van der Waals surface area (Å²) in [5.41, 5.74) is 4.14. The molecule has 1 atom stereocenters. The maximum Gasteiger partial charge on any atom is 0.241 e. The van der Waals surface area contributed by atoms with Gasteiger partial charge in [0.05, 0.1) is 24.0 Å². The molecule has 8 heteroatoms. The topological polar surface area (TPSA) is 74.5 Å². The molecule has 0 radical (unpaired) electrons. The number of nitrogens with one attached hydrogen (secondary N) is 1. The summed E-state index contributed by atoms with van der Waals surface area (Å²) in [4.78, 5) is 22.7. The second-order valence-corrected chi connectivity index (χ2v) is 10.0. The molecule has 2 aromatic heterocycles. The number of nitrogens with zero attached hydrogens (tertiary/aromatic N) is 4. The zero-order valence-corrected chi connectivity index (χ0v) is 19.9. The number of amides is 1. The van der Waals surface area contributed by atoms with Crippen molar-refractivity contribution < 1.29 is 9.32 Å². The summed E-state index contributed by atoms with van der Waals surface area (Å²) < 4.78 is 5.43. The van der Waals surface area contributed by atoms with Gasteiger partial charge in [0.1, 0.15) is 0 Å². The number of carbonyl (C=O) groups is 1. The van der Waals surface area contributed by atoms with Crippen LogP contribution in [0.15, 0.2) is 40.2 Å². The molecule has 1 aliphatic carbocycles. The van der Waals surface area contributed by atoms with E-state index < -0.39 is 0 Å². The smallest absolute Gasteiger partial charge is 0.241 e. The van der Waals surface area contributed by atoms with Crippen LogP contribution in [0.1, 0.15) is 48.4 Å². The molecule has 7 nitrogen and oxygen atoms in total. The van der Waals surface area contributed by atoms with Gasteiger partial charge in [-0.05, 0) is 60.7 Å². The molecular weight excluding hydrogens is 434 g/mol. The first-order chi connectivity index (χ1) is 16.1. The Morgan fingerprint density at radius 2 is 1.91 bits per heavy atom. The number of carbonyl (C=O) groups excluding carboxylic acids is 1. The Kier molecular flexibility index (Phi) is 6.85. The summed E-state index contributed by atoms with van der Waals surface area (Å²) in [5.74, 6) is 1.39. The summed E-state index contributed by atoms with van der Waals surface area (Å²) in [6.45, 7) is 6.63. The van der Waals surface area contributed by atoms with Gasteiger partial charge in [0, 0.05) is 26.2 Å². The van der Waals surface area contributed by atoms with Crippen molar-refractivity contribution in [2.75, 3.05) is 32.7 Å². The number of piperazine rings is 1. The van der Waals surface area contributed by atoms with Crippen LogP contribution >= 0.6 is 11.3 Å². The molecule has 1 aliphatic heterocycles. The number of hydrogen-bond donors (Lipinski definition) is 1. The zero-order valence-electron chi connectivity index (χ0n) is 19.1. The second-order valence-electron chi connectivity index (χ2n) is 9.07. The van der Waals surface area contributed by atoms with Gasteiger partial charge in [0.2, 0.25) is 17.6 Å². The highest BCUT2D eigenvalue weighted by Gasteiger charge is 2.22. The normalized spacial score (nSPS) is 18.1. The molecule has 1 amide bonds. The lowest BCUT2D eigenvalue weighted by Crippen LogP contribution is -2.49. The van der Waals surface area contributed by atoms with Gasteiger partial charge in [-0.3, -0.25) is 14.6 Å². The minimum atomic E-state index is 0.0288. The molecule has 1 fully saturated rings. The highest BCUT2D eigenvalue weighted by atomic mass is 32.1. The van der Waals surface area contributed by atoms with Gasteiger partial charge in [0.15, 0.2) is 0 Å². The van der Waals surface area contributed by atoms with Gasteiger partial charge in [-0.2, -0.15) is 4.98 Å². The predicted octanol–water partition coefficient (Wildman–Crippen LogP) is 3.67. The van der Waals surface area contributed by atoms with Crippen molar-refractivity contribution in [2.24, 2.45) is 0 Å². The number of aromatic nitrogens is 2. The largest absolute Gasteiger partial charge is 0.348 e. The van der Waals surface area contributed by atoms with E-state index in [1.165, 1.54) is 36.0 Å². The average molecular weight is 466 g/mol. The third-order valence-corrected chi connectivity index (χ3v) is 7.52. The fraction of sp³-hybridized carbons (Fsp3) is 0.480. The van der Waals surface area contributed by atoms with Crippen molar-refractivity contribution in [2.45, 2.75) is 45.2 Å². The Hall–Kier alpha value is -2.55. The Bertz CT molecular complexity index is 1070. The van der Waals surface area contributed by atoms with Crippen LogP contribution in [0.3, 0.4) is 0 Å². The van der Waals surface area contributed by atoms with Crippen molar-refractivity contribution in [1.82, 2.24) is 25.3 Å². The van der Waals surface area contributed by atoms with Crippen molar-refractivity contribution in [1.29, 1.82) is 0 Å². The summed E-state index contributed by atoms with van der Waals surface area (Å²) in [6, 6.07) is 10.7. The van der Waals surface area contributed by atoms with E-state index in [4.69, 9.17) is 4.52 Å². The Balaban J connectivity index is 1.07. The second kappa shape index (κ2) is 10.2. The molecular formula is C25H31N5O2S. The van der Waals surface area contributed by atoms with E-state index in [2.05, 4.69) is 50.4 Å². The number of thiophene rings is 1. The van der Waals surface area contributed by atoms with Crippen molar-refractivity contribution in [3.8, 4) is 10.7 Å². The van der Waals surface area contributed by atoms with Gasteiger partial charge in [-0.1, -0.05) is 29.4 Å². The lowest BCUT2D eigenvalue weighted by Gasteiger charge is -2.33. The van der Waals surface area contributed by atoms with Crippen LogP contribution in [0.25, 0.3) is 10.7 Å². The SMILES string of the molecule is CC(NC(=O)CN1CCN(Cc2nc(-c3cccs3)no2)CC1)c1ccc2c(c1)CCCC2. The van der Waals surface area contributed by atoms with E-state index in [1.54, 1.807) is 11.3 Å². The van der Waals surface area contributed by atoms with Gasteiger partial charge in [-0.15, -0.1) is 11.3 Å². The van der Waals surface area contributed by atoms with Crippen LogP contribution in [0, 0.1) is 0 Å². The predicted molar refractivity (Wildman–Crippen MR) is 129 cm³/mol. The first-order valence-electron chi connectivity index (χ1n) is 11.9. The van der Waals surface area contributed by atoms with Gasteiger partial charge in [0.25, 0.3) is 0 Å². The van der Waals surface area contributed by atoms with Gasteiger partial charge < -0.3 is 9.84 Å². The summed E-state index contributed by atoms with van der Waals surface area (Å²) in [6.07, 6.45) is 4.90. The van der Waals surface area contributed by atoms with Crippen LogP contribution < -0.4 is 5.32 Å². The Labute approximate surface area is 198 Å². The minimum absolute atomic E-state index is 0.0288. The fourth-order valence-corrected chi connectivity index (χ4v) is 5.37. The van der Waals surface area contributed by atoms with Gasteiger partial charge in [-0.25, -0.2) is 0 Å². The van der Waals surface area contributed by atoms with E-state index in [1.807, 2.05) is 17.5 Å². The molecule has 1 unspecified atom stereocenters. The summed E-state index contributed by atoms with van der Waals surface area (Å²) in [5, 5.41) is 9.29. The maximum absolute atomic E-state index is 12.7. The molecule has 174 valence electrons. The lowest BCUT2D eigenvalue weighted by atomic mass is 9.89. The van der Waals surface area contributed by atoms with Crippen LogP contribution in [0.2, 0.25) is 0 Å². The Morgan fingerprint density at radius 3 is 2.70 bits per heavy atom. The quantitative estimate of drug-likeness (QED) is 0.574. The monoisotopic (exact) mass is 465 g/mol. The molecule has 1 saturated heterocycles. The standard InChI is InChI=1S/C25H31N5O2S/c1-18(20-9-8-19-5-2-3-6-21(19)15-20)26-23(31)16-29-10-12-30(13-11-29)17-24-27-25(28-32-24)22-7-4-14-33-22/h4,7-9,14-15,18H,2-3,5-6,10-13,16-17H2,1H3,(H,26,31). The summed E-state index contributed by atoms with van der Waals surface area (Å²) >= 11 is 1.61. The van der Waals surface area contributed by atoms with Crippen LogP contribution in [-0.2, 0) is 24.2 Å². The van der Waals surface area contributed by atoms with Crippen LogP contribution in [0.5, 0.6) is 0 Å². The van der Waals surface area contributed by atoms with E-state index in [0.717, 1.165) is 37.5 Å². The third kappa shape index (κ3) is 5.51. The van der Waals surface area contributed by atoms with E-state index in [-0.39, 0.29) is 11.9 Å². The molecule has 3 aromatic rings. The van der Waals surface area contributed by atoms with Crippen molar-refractivity contribution in [3.05, 3.63) is 58.3 Å². The average Bonchev–Trinajstić information content (AvgIpc) is 3.52. The number of hydrogen-bond acceptors (Lipinski definition) is 7. The number of aryl methyl sites for hydroxylation is 2. The van der Waals surface area contributed by atoms with E-state index in [0.29, 0.717) is 24.8 Å². The highest BCUT2D eigenvalue weighted by molar-refractivity contribution is 7.13. The Morgan fingerprint density at radius 1 is 1.12 bits per heavy atom. The molecule has 5 rings (SSSR count). The molecule has 3 heterocycles. The molecule has 1 aromatic carbocycles. The number of benzene rings is 1. The molecule has 33 heavy (non-hydrogen) atoms. The van der Waals surface area contributed by atoms with Gasteiger partial charge >= 0.3 is 0 Å². The van der Waals surface area contributed by atoms with Crippen LogP contribution in [0.4, 0.5) is 0 Å². The maximum atomic E-state index is 12.7. The molecule has 0 bridgehead atoms. The highest BCUT2D eigenvalue weighted by Crippen LogP contribution is 2.25. The lowest BCUT2D eigenvalue weighted by molar-refractivity contribution is -0.123. The number of rotatable bonds is 7. The summed E-state index contributed by atoms with van der Waals surface area (Å²) in [7, 11) is 0. The van der Waals surface area contributed by atoms with Crippen molar-refractivity contribution >= 4 is 17.2 Å². The first kappa shape index (κ1) is 22.3. The molecule has 0 spiro atoms. The minimum Gasteiger partial charge on any atom is -0.348 e. The van der Waals surface area contributed by atoms with E-state index in [9.17, 15) is 4.79 Å². The first-order valence-corrected chi connectivity index (χ1v) is 12.7. The van der Waals surface area contributed by atoms with Crippen LogP contribution in [-0.4, -0.2) is 58.6 Å². The fourth-order valence-electron chi connectivity index (χ4n) is 4.72. The molecule has 2 aliphatic rings. The molecule has 1 N–H and O–H groups in total. The number of fused-ring (bicyclic) bond motifs is 1. The third-order valence-electron chi connectivity index (χ3n) is 6.65.